The highest BCUT2D eigenvalue weighted by atomic mass is 35.5. The van der Waals surface area contributed by atoms with Crippen LogP contribution in [0.4, 0.5) is 0 Å². The lowest BCUT2D eigenvalue weighted by Gasteiger charge is -2.17. The topological polar surface area (TPSA) is 20.3 Å². The molecule has 0 heterocycles. The molecule has 17 heavy (non-hydrogen) atoms. The number of rotatable bonds is 4. The molecule has 3 heteroatoms. The lowest BCUT2D eigenvalue weighted by molar-refractivity contribution is -0.127. The lowest BCUT2D eigenvalue weighted by atomic mass is 9.99. The van der Waals surface area contributed by atoms with Crippen molar-refractivity contribution in [3.63, 3.8) is 0 Å². The third-order valence-electron chi connectivity index (χ3n) is 3.21. The molecule has 2 nitrogen and oxygen atoms in total. The Hall–Kier alpha value is -1.02. The molecule has 1 rings (SSSR count). The standard InChI is InChI=1S/C14H20ClNO/c1-10-7-12(3)13(8-11(10)2)5-6-16(4)14(17)9-15/h7-8H,5-6,9H2,1-4H3. The van der Waals surface area contributed by atoms with Crippen LogP contribution in [0.1, 0.15) is 22.3 Å². The summed E-state index contributed by atoms with van der Waals surface area (Å²) in [5.74, 6) is 0.0377. The van der Waals surface area contributed by atoms with Crippen molar-refractivity contribution in [2.24, 2.45) is 0 Å². The fourth-order valence-corrected chi connectivity index (χ4v) is 2.01. The molecule has 0 N–H and O–H groups in total. The van der Waals surface area contributed by atoms with E-state index in [0.717, 1.165) is 13.0 Å². The van der Waals surface area contributed by atoms with E-state index in [1.165, 1.54) is 22.3 Å². The summed E-state index contributed by atoms with van der Waals surface area (Å²) in [6.45, 7) is 7.07. The molecule has 94 valence electrons. The van der Waals surface area contributed by atoms with Crippen LogP contribution in [0.3, 0.4) is 0 Å². The van der Waals surface area contributed by atoms with E-state index in [2.05, 4.69) is 32.9 Å². The van der Waals surface area contributed by atoms with Gasteiger partial charge in [0.05, 0.1) is 0 Å². The van der Waals surface area contributed by atoms with Crippen molar-refractivity contribution >= 4 is 17.5 Å². The van der Waals surface area contributed by atoms with Crippen molar-refractivity contribution in [2.75, 3.05) is 19.5 Å². The molecule has 1 amide bonds. The van der Waals surface area contributed by atoms with E-state index in [4.69, 9.17) is 11.6 Å². The van der Waals surface area contributed by atoms with Crippen molar-refractivity contribution in [3.8, 4) is 0 Å². The van der Waals surface area contributed by atoms with Crippen LogP contribution >= 0.6 is 11.6 Å². The molecule has 0 fully saturated rings. The van der Waals surface area contributed by atoms with Crippen LogP contribution < -0.4 is 0 Å². The number of hydrogen-bond acceptors (Lipinski definition) is 1. The predicted molar refractivity (Wildman–Crippen MR) is 72.7 cm³/mol. The summed E-state index contributed by atoms with van der Waals surface area (Å²) in [6, 6.07) is 4.41. The van der Waals surface area contributed by atoms with E-state index in [1.807, 2.05) is 0 Å². The average Bonchev–Trinajstić information content (AvgIpc) is 2.30. The van der Waals surface area contributed by atoms with Gasteiger partial charge in [0.15, 0.2) is 0 Å². The predicted octanol–water partition coefficient (Wildman–Crippen LogP) is 2.85. The minimum atomic E-state index is -0.0202. The van der Waals surface area contributed by atoms with Crippen molar-refractivity contribution in [3.05, 3.63) is 34.4 Å². The van der Waals surface area contributed by atoms with Crippen molar-refractivity contribution in [1.29, 1.82) is 0 Å². The molecule has 0 atom stereocenters. The summed E-state index contributed by atoms with van der Waals surface area (Å²) in [4.78, 5) is 13.0. The zero-order chi connectivity index (χ0) is 13.0. The molecular formula is C14H20ClNO. The Kier molecular flexibility index (Phi) is 5.01. The van der Waals surface area contributed by atoms with Crippen molar-refractivity contribution in [1.82, 2.24) is 4.90 Å². The minimum Gasteiger partial charge on any atom is -0.344 e. The zero-order valence-corrected chi connectivity index (χ0v) is 11.8. The van der Waals surface area contributed by atoms with E-state index in [1.54, 1.807) is 11.9 Å². The summed E-state index contributed by atoms with van der Waals surface area (Å²) >= 11 is 5.51. The fraction of sp³-hybridized carbons (Fsp3) is 0.500. The van der Waals surface area contributed by atoms with Gasteiger partial charge in [0.1, 0.15) is 5.88 Å². The molecule has 0 unspecified atom stereocenters. The van der Waals surface area contributed by atoms with Gasteiger partial charge in [-0.2, -0.15) is 0 Å². The second-order valence-corrected chi connectivity index (χ2v) is 4.83. The fourth-order valence-electron chi connectivity index (χ4n) is 1.80. The van der Waals surface area contributed by atoms with Gasteiger partial charge in [-0.3, -0.25) is 4.79 Å². The number of benzene rings is 1. The number of carbonyl (C=O) groups excluding carboxylic acids is 1. The summed E-state index contributed by atoms with van der Waals surface area (Å²) < 4.78 is 0. The molecule has 0 aliphatic rings. The van der Waals surface area contributed by atoms with E-state index in [-0.39, 0.29) is 11.8 Å². The monoisotopic (exact) mass is 253 g/mol. The smallest absolute Gasteiger partial charge is 0.237 e. The van der Waals surface area contributed by atoms with Gasteiger partial charge in [-0.25, -0.2) is 0 Å². The highest BCUT2D eigenvalue weighted by Gasteiger charge is 2.08. The summed E-state index contributed by atoms with van der Waals surface area (Å²) in [5.41, 5.74) is 5.22. The molecular weight excluding hydrogens is 234 g/mol. The Morgan fingerprint density at radius 2 is 1.76 bits per heavy atom. The Bertz CT molecular complexity index is 415. The maximum Gasteiger partial charge on any atom is 0.237 e. The van der Waals surface area contributed by atoms with Gasteiger partial charge in [-0.15, -0.1) is 11.6 Å². The first-order chi connectivity index (χ1) is 7.95. The summed E-state index contributed by atoms with van der Waals surface area (Å²) in [6.07, 6.45) is 0.881. The average molecular weight is 254 g/mol. The van der Waals surface area contributed by atoms with Crippen LogP contribution in [-0.4, -0.2) is 30.3 Å². The van der Waals surface area contributed by atoms with Crippen LogP contribution in [0.25, 0.3) is 0 Å². The zero-order valence-electron chi connectivity index (χ0n) is 11.0. The number of hydrogen-bond donors (Lipinski definition) is 0. The number of nitrogens with zero attached hydrogens (tertiary/aromatic N) is 1. The van der Waals surface area contributed by atoms with Gasteiger partial charge in [0.2, 0.25) is 5.91 Å². The van der Waals surface area contributed by atoms with Gasteiger partial charge in [-0.05, 0) is 49.4 Å². The second kappa shape index (κ2) is 6.06. The van der Waals surface area contributed by atoms with Gasteiger partial charge in [0, 0.05) is 13.6 Å². The molecule has 0 aromatic heterocycles. The van der Waals surface area contributed by atoms with Crippen LogP contribution in [0.15, 0.2) is 12.1 Å². The van der Waals surface area contributed by atoms with E-state index < -0.39 is 0 Å². The van der Waals surface area contributed by atoms with Gasteiger partial charge >= 0.3 is 0 Å². The van der Waals surface area contributed by atoms with E-state index in [0.29, 0.717) is 0 Å². The molecule has 0 bridgehead atoms. The highest BCUT2D eigenvalue weighted by Crippen LogP contribution is 2.16. The number of aryl methyl sites for hydroxylation is 3. The largest absolute Gasteiger partial charge is 0.344 e. The Morgan fingerprint density at radius 1 is 1.18 bits per heavy atom. The molecule has 0 aliphatic heterocycles. The molecule has 0 saturated carbocycles. The second-order valence-electron chi connectivity index (χ2n) is 4.56. The first kappa shape index (κ1) is 14.0. The summed E-state index contributed by atoms with van der Waals surface area (Å²) in [7, 11) is 1.79. The third-order valence-corrected chi connectivity index (χ3v) is 3.44. The lowest BCUT2D eigenvalue weighted by Crippen LogP contribution is -2.29. The summed E-state index contributed by atoms with van der Waals surface area (Å²) in [5, 5.41) is 0. The van der Waals surface area contributed by atoms with Crippen LogP contribution in [0, 0.1) is 20.8 Å². The van der Waals surface area contributed by atoms with Crippen LogP contribution in [0.2, 0.25) is 0 Å². The number of amides is 1. The maximum atomic E-state index is 11.3. The third kappa shape index (κ3) is 3.74. The molecule has 1 aromatic carbocycles. The minimum absolute atomic E-state index is 0.0202. The first-order valence-electron chi connectivity index (χ1n) is 5.82. The van der Waals surface area contributed by atoms with E-state index >= 15 is 0 Å². The van der Waals surface area contributed by atoms with Gasteiger partial charge in [0.25, 0.3) is 0 Å². The van der Waals surface area contributed by atoms with Gasteiger partial charge < -0.3 is 4.90 Å². The molecule has 0 radical (unpaired) electrons. The Balaban J connectivity index is 2.70. The molecule has 1 aromatic rings. The molecule has 0 spiro atoms. The number of halogens is 1. The van der Waals surface area contributed by atoms with Crippen LogP contribution in [-0.2, 0) is 11.2 Å². The van der Waals surface area contributed by atoms with Gasteiger partial charge in [-0.1, -0.05) is 12.1 Å². The molecule has 0 saturated heterocycles. The Morgan fingerprint density at radius 3 is 2.35 bits per heavy atom. The first-order valence-corrected chi connectivity index (χ1v) is 6.35. The van der Waals surface area contributed by atoms with Crippen molar-refractivity contribution < 1.29 is 4.79 Å². The quantitative estimate of drug-likeness (QED) is 0.756. The highest BCUT2D eigenvalue weighted by molar-refractivity contribution is 6.27. The number of likely N-dealkylation sites (N-methyl/N-ethyl adjacent to an activating group) is 1. The maximum absolute atomic E-state index is 11.3. The Labute approximate surface area is 109 Å². The normalized spacial score (nSPS) is 10.4. The SMILES string of the molecule is Cc1cc(C)c(CCN(C)C(=O)CCl)cc1C. The number of alkyl halides is 1. The molecule has 0 aliphatic carbocycles. The van der Waals surface area contributed by atoms with Crippen LogP contribution in [0.5, 0.6) is 0 Å². The van der Waals surface area contributed by atoms with E-state index in [9.17, 15) is 4.79 Å². The van der Waals surface area contributed by atoms with Crippen molar-refractivity contribution in [2.45, 2.75) is 27.2 Å². The number of carbonyl (C=O) groups is 1.